The Kier molecular flexibility index (Phi) is 5.44. The lowest BCUT2D eigenvalue weighted by molar-refractivity contribution is -0.129. The third-order valence-electron chi connectivity index (χ3n) is 3.11. The molecule has 0 bridgehead atoms. The number of nitrogens with two attached hydrogens (primary N) is 1. The van der Waals surface area contributed by atoms with E-state index in [1.165, 1.54) is 0 Å². The van der Waals surface area contributed by atoms with Crippen molar-refractivity contribution in [2.24, 2.45) is 5.73 Å². The number of ether oxygens (including phenoxy) is 1. The van der Waals surface area contributed by atoms with Crippen LogP contribution in [0, 0.1) is 0 Å². The van der Waals surface area contributed by atoms with Crippen LogP contribution in [0.4, 0.5) is 0 Å². The van der Waals surface area contributed by atoms with Gasteiger partial charge in [0.05, 0.1) is 13.5 Å². The normalized spacial score (nSPS) is 18.3. The van der Waals surface area contributed by atoms with E-state index in [-0.39, 0.29) is 24.4 Å². The predicted octanol–water partition coefficient (Wildman–Crippen LogP) is 1.22. The Morgan fingerprint density at radius 1 is 1.50 bits per heavy atom. The molecule has 0 aromatic heterocycles. The molecule has 1 aromatic carbocycles. The molecule has 100 valence electrons. The highest BCUT2D eigenvalue weighted by Gasteiger charge is 2.23. The van der Waals surface area contributed by atoms with Crippen LogP contribution in [0.15, 0.2) is 24.3 Å². The van der Waals surface area contributed by atoms with Crippen LogP contribution in [-0.4, -0.2) is 37.0 Å². The summed E-state index contributed by atoms with van der Waals surface area (Å²) in [7, 11) is 1.62. The van der Waals surface area contributed by atoms with Gasteiger partial charge in [-0.3, -0.25) is 4.79 Å². The molecule has 2 rings (SSSR count). The molecular formula is C13H19ClN2O2. The van der Waals surface area contributed by atoms with Gasteiger partial charge in [-0.25, -0.2) is 0 Å². The van der Waals surface area contributed by atoms with Gasteiger partial charge in [-0.2, -0.15) is 0 Å². The summed E-state index contributed by atoms with van der Waals surface area (Å²) in [5, 5.41) is 0. The summed E-state index contributed by atoms with van der Waals surface area (Å²) in [6.07, 6.45) is 1.29. The molecule has 4 nitrogen and oxygen atoms in total. The zero-order valence-corrected chi connectivity index (χ0v) is 11.3. The van der Waals surface area contributed by atoms with Gasteiger partial charge in [0.1, 0.15) is 5.75 Å². The number of methoxy groups -OCH3 is 1. The Labute approximate surface area is 114 Å². The number of amides is 1. The number of carbonyl (C=O) groups is 1. The van der Waals surface area contributed by atoms with Gasteiger partial charge in [0.2, 0.25) is 5.91 Å². The molecule has 0 saturated carbocycles. The second-order valence-electron chi connectivity index (χ2n) is 4.38. The Morgan fingerprint density at radius 2 is 2.22 bits per heavy atom. The molecule has 0 spiro atoms. The maximum Gasteiger partial charge on any atom is 0.227 e. The fourth-order valence-corrected chi connectivity index (χ4v) is 2.14. The average Bonchev–Trinajstić information content (AvgIpc) is 2.77. The Bertz CT molecular complexity index is 412. The smallest absolute Gasteiger partial charge is 0.227 e. The quantitative estimate of drug-likeness (QED) is 0.899. The molecule has 1 aliphatic rings. The maximum absolute atomic E-state index is 12.0. The molecule has 1 saturated heterocycles. The monoisotopic (exact) mass is 270 g/mol. The van der Waals surface area contributed by atoms with Crippen molar-refractivity contribution < 1.29 is 9.53 Å². The minimum absolute atomic E-state index is 0. The highest BCUT2D eigenvalue weighted by molar-refractivity contribution is 5.85. The molecular weight excluding hydrogens is 252 g/mol. The first-order valence-electron chi connectivity index (χ1n) is 5.86. The number of likely N-dealkylation sites (tertiary alicyclic amines) is 1. The summed E-state index contributed by atoms with van der Waals surface area (Å²) in [6.45, 7) is 1.45. The lowest BCUT2D eigenvalue weighted by Crippen LogP contribution is -2.32. The molecule has 0 aliphatic carbocycles. The Hall–Kier alpha value is -1.26. The van der Waals surface area contributed by atoms with Gasteiger partial charge in [-0.15, -0.1) is 12.4 Å². The number of para-hydroxylation sites is 1. The average molecular weight is 271 g/mol. The zero-order chi connectivity index (χ0) is 12.3. The highest BCUT2D eigenvalue weighted by atomic mass is 35.5. The second-order valence-corrected chi connectivity index (χ2v) is 4.38. The lowest BCUT2D eigenvalue weighted by atomic mass is 10.1. The number of rotatable bonds is 3. The van der Waals surface area contributed by atoms with E-state index >= 15 is 0 Å². The van der Waals surface area contributed by atoms with E-state index in [0.29, 0.717) is 13.0 Å². The van der Waals surface area contributed by atoms with Crippen molar-refractivity contribution in [3.8, 4) is 5.75 Å². The van der Waals surface area contributed by atoms with Crippen molar-refractivity contribution in [2.45, 2.75) is 18.9 Å². The standard InChI is InChI=1S/C13H18N2O2.ClH/c1-17-12-5-3-2-4-10(12)8-13(16)15-7-6-11(14)9-15;/h2-5,11H,6-9,14H2,1H3;1H/t11-;/m1./s1. The van der Waals surface area contributed by atoms with Gasteiger partial charge in [0.25, 0.3) is 0 Å². The topological polar surface area (TPSA) is 55.6 Å². The largest absolute Gasteiger partial charge is 0.496 e. The molecule has 1 heterocycles. The first-order chi connectivity index (χ1) is 8.20. The molecule has 18 heavy (non-hydrogen) atoms. The van der Waals surface area contributed by atoms with Gasteiger partial charge >= 0.3 is 0 Å². The molecule has 0 unspecified atom stereocenters. The SMILES string of the molecule is COc1ccccc1CC(=O)N1CC[C@@H](N)C1.Cl. The predicted molar refractivity (Wildman–Crippen MR) is 73.1 cm³/mol. The molecule has 1 aromatic rings. The number of carbonyl (C=O) groups excluding carboxylic acids is 1. The summed E-state index contributed by atoms with van der Waals surface area (Å²) < 4.78 is 5.23. The van der Waals surface area contributed by atoms with E-state index in [0.717, 1.165) is 24.3 Å². The van der Waals surface area contributed by atoms with Crippen LogP contribution in [0.1, 0.15) is 12.0 Å². The summed E-state index contributed by atoms with van der Waals surface area (Å²) >= 11 is 0. The van der Waals surface area contributed by atoms with Gasteiger partial charge in [-0.1, -0.05) is 18.2 Å². The molecule has 1 fully saturated rings. The van der Waals surface area contributed by atoms with Crippen LogP contribution in [0.2, 0.25) is 0 Å². The van der Waals surface area contributed by atoms with Crippen LogP contribution < -0.4 is 10.5 Å². The summed E-state index contributed by atoms with van der Waals surface area (Å²) in [5.41, 5.74) is 6.72. The van der Waals surface area contributed by atoms with Crippen molar-refractivity contribution in [3.05, 3.63) is 29.8 Å². The van der Waals surface area contributed by atoms with Gasteiger partial charge < -0.3 is 15.4 Å². The first kappa shape index (κ1) is 14.8. The van der Waals surface area contributed by atoms with Crippen molar-refractivity contribution >= 4 is 18.3 Å². The highest BCUT2D eigenvalue weighted by Crippen LogP contribution is 2.19. The summed E-state index contributed by atoms with van der Waals surface area (Å²) in [4.78, 5) is 13.9. The fraction of sp³-hybridized carbons (Fsp3) is 0.462. The molecule has 1 atom stereocenters. The van der Waals surface area contributed by atoms with Crippen molar-refractivity contribution in [1.82, 2.24) is 4.90 Å². The van der Waals surface area contributed by atoms with E-state index in [9.17, 15) is 4.79 Å². The minimum atomic E-state index is 0. The Morgan fingerprint density at radius 3 is 2.83 bits per heavy atom. The number of nitrogens with zero attached hydrogens (tertiary/aromatic N) is 1. The molecule has 1 amide bonds. The van der Waals surface area contributed by atoms with Crippen LogP contribution in [0.3, 0.4) is 0 Å². The lowest BCUT2D eigenvalue weighted by Gasteiger charge is -2.16. The van der Waals surface area contributed by atoms with Crippen LogP contribution in [0.25, 0.3) is 0 Å². The van der Waals surface area contributed by atoms with Gasteiger partial charge in [-0.05, 0) is 12.5 Å². The number of hydrogen-bond acceptors (Lipinski definition) is 3. The van der Waals surface area contributed by atoms with Crippen molar-refractivity contribution in [1.29, 1.82) is 0 Å². The Balaban J connectivity index is 0.00000162. The van der Waals surface area contributed by atoms with E-state index < -0.39 is 0 Å². The summed E-state index contributed by atoms with van der Waals surface area (Å²) in [6, 6.07) is 7.75. The molecule has 1 aliphatic heterocycles. The maximum atomic E-state index is 12.0. The summed E-state index contributed by atoms with van der Waals surface area (Å²) in [5.74, 6) is 0.895. The number of hydrogen-bond donors (Lipinski definition) is 1. The first-order valence-corrected chi connectivity index (χ1v) is 5.86. The van der Waals surface area contributed by atoms with Crippen molar-refractivity contribution in [3.63, 3.8) is 0 Å². The minimum Gasteiger partial charge on any atom is -0.496 e. The third kappa shape index (κ3) is 3.37. The molecule has 2 N–H and O–H groups in total. The van der Waals surface area contributed by atoms with Gasteiger partial charge in [0.15, 0.2) is 0 Å². The van der Waals surface area contributed by atoms with Crippen LogP contribution in [-0.2, 0) is 11.2 Å². The second kappa shape index (κ2) is 6.61. The molecule has 0 radical (unpaired) electrons. The van der Waals surface area contributed by atoms with E-state index in [1.54, 1.807) is 7.11 Å². The van der Waals surface area contributed by atoms with Crippen LogP contribution in [0.5, 0.6) is 5.75 Å². The van der Waals surface area contributed by atoms with E-state index in [4.69, 9.17) is 10.5 Å². The fourth-order valence-electron chi connectivity index (χ4n) is 2.14. The van der Waals surface area contributed by atoms with Gasteiger partial charge in [0, 0.05) is 24.7 Å². The van der Waals surface area contributed by atoms with Crippen LogP contribution >= 0.6 is 12.4 Å². The van der Waals surface area contributed by atoms with E-state index in [2.05, 4.69) is 0 Å². The number of benzene rings is 1. The van der Waals surface area contributed by atoms with E-state index in [1.807, 2.05) is 29.2 Å². The third-order valence-corrected chi connectivity index (χ3v) is 3.11. The number of halogens is 1. The van der Waals surface area contributed by atoms with Crippen molar-refractivity contribution in [2.75, 3.05) is 20.2 Å². The molecule has 5 heteroatoms. The zero-order valence-electron chi connectivity index (χ0n) is 10.5.